The van der Waals surface area contributed by atoms with Crippen LogP contribution < -0.4 is 0 Å². The van der Waals surface area contributed by atoms with Gasteiger partial charge in [-0.25, -0.2) is 0 Å². The zero-order valence-electron chi connectivity index (χ0n) is 15.4. The van der Waals surface area contributed by atoms with Crippen LogP contribution in [-0.4, -0.2) is 5.78 Å². The lowest BCUT2D eigenvalue weighted by atomic mass is 9.66. The molecule has 0 radical (unpaired) electrons. The van der Waals surface area contributed by atoms with Gasteiger partial charge in [-0.2, -0.15) is 0 Å². The van der Waals surface area contributed by atoms with Crippen LogP contribution in [0, 0.1) is 22.7 Å². The van der Waals surface area contributed by atoms with Crippen LogP contribution in [0.1, 0.15) is 99.3 Å². The first-order chi connectivity index (χ1) is 9.62. The van der Waals surface area contributed by atoms with Crippen molar-refractivity contribution in [3.63, 3.8) is 0 Å². The van der Waals surface area contributed by atoms with Gasteiger partial charge in [0.05, 0.1) is 0 Å². The molecule has 1 fully saturated rings. The number of hydrogen-bond donors (Lipinski definition) is 0. The first kappa shape index (κ1) is 18.7. The Morgan fingerprint density at radius 2 is 1.81 bits per heavy atom. The predicted octanol–water partition coefficient (Wildman–Crippen LogP) is 6.40. The maximum absolute atomic E-state index is 12.2. The van der Waals surface area contributed by atoms with Crippen molar-refractivity contribution in [3.05, 3.63) is 0 Å². The van der Waals surface area contributed by atoms with Crippen LogP contribution in [0.3, 0.4) is 0 Å². The molecule has 0 saturated heterocycles. The fraction of sp³-hybridized carbons (Fsp3) is 0.950. The lowest BCUT2D eigenvalue weighted by Crippen LogP contribution is -2.35. The first-order valence-corrected chi connectivity index (χ1v) is 9.14. The second-order valence-electron chi connectivity index (χ2n) is 9.35. The first-order valence-electron chi connectivity index (χ1n) is 9.14. The average Bonchev–Trinajstić information content (AvgIpc) is 2.30. The van der Waals surface area contributed by atoms with Crippen molar-refractivity contribution >= 4 is 5.78 Å². The van der Waals surface area contributed by atoms with Crippen LogP contribution in [0.2, 0.25) is 0 Å². The van der Waals surface area contributed by atoms with Crippen molar-refractivity contribution in [1.82, 2.24) is 0 Å². The Morgan fingerprint density at radius 3 is 2.38 bits per heavy atom. The van der Waals surface area contributed by atoms with E-state index in [1.165, 1.54) is 38.5 Å². The molecule has 1 heteroatoms. The van der Waals surface area contributed by atoms with Gasteiger partial charge in [0, 0.05) is 12.3 Å². The van der Waals surface area contributed by atoms with Crippen molar-refractivity contribution < 1.29 is 4.79 Å². The van der Waals surface area contributed by atoms with E-state index >= 15 is 0 Å². The summed E-state index contributed by atoms with van der Waals surface area (Å²) < 4.78 is 0. The molecule has 1 nitrogen and oxygen atoms in total. The molecule has 124 valence electrons. The summed E-state index contributed by atoms with van der Waals surface area (Å²) in [5.74, 6) is 1.67. The van der Waals surface area contributed by atoms with Crippen LogP contribution in [0.25, 0.3) is 0 Å². The highest BCUT2D eigenvalue weighted by molar-refractivity contribution is 5.82. The Morgan fingerprint density at radius 1 is 1.19 bits per heavy atom. The summed E-state index contributed by atoms with van der Waals surface area (Å²) in [5, 5.41) is 0. The molecule has 21 heavy (non-hydrogen) atoms. The molecule has 1 saturated carbocycles. The standard InChI is InChI=1S/C20H38O/c1-16(11-8-14-19(2,3)4)10-7-12-17-18(21)13-9-15-20(17,5)6/h16-17H,7-15H2,1-6H3/t16-,17?/m0/s1. The SMILES string of the molecule is C[C@@H](CCCC1C(=O)CCCC1(C)C)CCCC(C)(C)C. The third-order valence-corrected chi connectivity index (χ3v) is 5.39. The highest BCUT2D eigenvalue weighted by Gasteiger charge is 2.37. The van der Waals surface area contributed by atoms with Crippen LogP contribution in [0.15, 0.2) is 0 Å². The average molecular weight is 295 g/mol. The largest absolute Gasteiger partial charge is 0.299 e. The zero-order valence-corrected chi connectivity index (χ0v) is 15.4. The molecule has 0 aromatic rings. The van der Waals surface area contributed by atoms with Crippen molar-refractivity contribution in [2.24, 2.45) is 22.7 Å². The molecule has 2 atom stereocenters. The lowest BCUT2D eigenvalue weighted by molar-refractivity contribution is -0.129. The van der Waals surface area contributed by atoms with E-state index in [4.69, 9.17) is 0 Å². The molecule has 0 bridgehead atoms. The zero-order chi connectivity index (χ0) is 16.1. The fourth-order valence-corrected chi connectivity index (χ4v) is 3.85. The smallest absolute Gasteiger partial charge is 0.136 e. The van der Waals surface area contributed by atoms with Gasteiger partial charge in [-0.15, -0.1) is 0 Å². The third-order valence-electron chi connectivity index (χ3n) is 5.39. The molecular formula is C20H38O. The number of hydrogen-bond acceptors (Lipinski definition) is 1. The van der Waals surface area contributed by atoms with E-state index in [0.717, 1.165) is 25.2 Å². The Hall–Kier alpha value is -0.330. The maximum Gasteiger partial charge on any atom is 0.136 e. The molecular weight excluding hydrogens is 256 g/mol. The number of Topliss-reactive ketones (excluding diaryl/α,β-unsaturated/α-hetero) is 1. The number of rotatable bonds is 7. The van der Waals surface area contributed by atoms with Crippen molar-refractivity contribution in [2.45, 2.75) is 99.3 Å². The minimum absolute atomic E-state index is 0.241. The molecule has 0 spiro atoms. The van der Waals surface area contributed by atoms with Crippen LogP contribution in [-0.2, 0) is 4.79 Å². The summed E-state index contributed by atoms with van der Waals surface area (Å²) in [6, 6.07) is 0. The van der Waals surface area contributed by atoms with Gasteiger partial charge < -0.3 is 0 Å². The molecule has 0 aliphatic heterocycles. The van der Waals surface area contributed by atoms with Crippen LogP contribution in [0.5, 0.6) is 0 Å². The van der Waals surface area contributed by atoms with E-state index in [2.05, 4.69) is 41.5 Å². The Bertz CT molecular complexity index is 321. The van der Waals surface area contributed by atoms with Crippen molar-refractivity contribution in [3.8, 4) is 0 Å². The fourth-order valence-electron chi connectivity index (χ4n) is 3.85. The summed E-state index contributed by atoms with van der Waals surface area (Å²) in [4.78, 5) is 12.2. The van der Waals surface area contributed by atoms with E-state index in [-0.39, 0.29) is 5.41 Å². The molecule has 1 unspecified atom stereocenters. The summed E-state index contributed by atoms with van der Waals surface area (Å²) >= 11 is 0. The van der Waals surface area contributed by atoms with E-state index in [9.17, 15) is 4.79 Å². The summed E-state index contributed by atoms with van der Waals surface area (Å²) in [6.45, 7) is 14.0. The number of carbonyl (C=O) groups is 1. The summed E-state index contributed by atoms with van der Waals surface area (Å²) in [7, 11) is 0. The van der Waals surface area contributed by atoms with Crippen molar-refractivity contribution in [2.75, 3.05) is 0 Å². The summed E-state index contributed by atoms with van der Waals surface area (Å²) in [5.41, 5.74) is 0.711. The van der Waals surface area contributed by atoms with Gasteiger partial charge in [0.15, 0.2) is 0 Å². The van der Waals surface area contributed by atoms with Gasteiger partial charge in [0.1, 0.15) is 5.78 Å². The highest BCUT2D eigenvalue weighted by Crippen LogP contribution is 2.41. The predicted molar refractivity (Wildman–Crippen MR) is 92.5 cm³/mol. The molecule has 0 amide bonds. The summed E-state index contributed by atoms with van der Waals surface area (Å²) in [6.07, 6.45) is 10.8. The highest BCUT2D eigenvalue weighted by atomic mass is 16.1. The Balaban J connectivity index is 2.24. The van der Waals surface area contributed by atoms with Crippen molar-refractivity contribution in [1.29, 1.82) is 0 Å². The number of ketones is 1. The van der Waals surface area contributed by atoms with Gasteiger partial charge in [-0.1, -0.05) is 67.2 Å². The quantitative estimate of drug-likeness (QED) is 0.530. The topological polar surface area (TPSA) is 17.1 Å². The van der Waals surface area contributed by atoms with Gasteiger partial charge in [0.2, 0.25) is 0 Å². The third kappa shape index (κ3) is 6.98. The molecule has 0 aromatic heterocycles. The molecule has 0 N–H and O–H groups in total. The van der Waals surface area contributed by atoms with Gasteiger partial charge in [0.25, 0.3) is 0 Å². The van der Waals surface area contributed by atoms with E-state index in [0.29, 0.717) is 17.1 Å². The maximum atomic E-state index is 12.2. The molecule has 0 heterocycles. The van der Waals surface area contributed by atoms with Gasteiger partial charge in [-0.3, -0.25) is 4.79 Å². The van der Waals surface area contributed by atoms with Gasteiger partial charge in [-0.05, 0) is 42.4 Å². The van der Waals surface area contributed by atoms with E-state index < -0.39 is 0 Å². The van der Waals surface area contributed by atoms with E-state index in [1.54, 1.807) is 0 Å². The molecule has 1 aliphatic carbocycles. The van der Waals surface area contributed by atoms with Crippen LogP contribution >= 0.6 is 0 Å². The Labute approximate surface area is 133 Å². The molecule has 1 rings (SSSR count). The van der Waals surface area contributed by atoms with Gasteiger partial charge >= 0.3 is 0 Å². The lowest BCUT2D eigenvalue weighted by Gasteiger charge is -2.37. The minimum atomic E-state index is 0.241. The number of carbonyl (C=O) groups excluding carboxylic acids is 1. The normalized spacial score (nSPS) is 24.1. The second kappa shape index (κ2) is 7.79. The second-order valence-corrected chi connectivity index (χ2v) is 9.35. The molecule has 0 aromatic carbocycles. The Kier molecular flexibility index (Phi) is 6.94. The van der Waals surface area contributed by atoms with Crippen LogP contribution in [0.4, 0.5) is 0 Å². The molecule has 1 aliphatic rings. The minimum Gasteiger partial charge on any atom is -0.299 e. The van der Waals surface area contributed by atoms with E-state index in [1.807, 2.05) is 0 Å². The monoisotopic (exact) mass is 294 g/mol.